The average Bonchev–Trinajstić information content (AvgIpc) is 3.70. The van der Waals surface area contributed by atoms with Crippen LogP contribution in [0.1, 0.15) is 25.7 Å². The van der Waals surface area contributed by atoms with Gasteiger partial charge < -0.3 is 18.8 Å². The van der Waals surface area contributed by atoms with Crippen molar-refractivity contribution in [3.63, 3.8) is 0 Å². The molecule has 56 heavy (non-hydrogen) atoms. The summed E-state index contributed by atoms with van der Waals surface area (Å²) in [5.74, 6) is 3.83. The number of rotatable bonds is 4. The molecule has 4 heterocycles. The number of nitrogens with zero attached hydrogens (tertiary/aromatic N) is 1. The van der Waals surface area contributed by atoms with Gasteiger partial charge in [0.25, 0.3) is 6.71 Å². The van der Waals surface area contributed by atoms with Gasteiger partial charge in [-0.1, -0.05) is 133 Å². The minimum Gasteiger partial charge on any atom is -0.464 e. The predicted molar refractivity (Wildman–Crippen MR) is 231 cm³/mol. The lowest BCUT2D eigenvalue weighted by atomic mass is 9.35. The standard InChI is InChI=1S/C50H36BNO3Si/c1-3-14-35(15-4-1)56(36-16-5-2-6-17-36)48-29-26-33(38-32-53-43-21-10-7-18-37(38)43)30-40(48)51-39-28-27-34(31-47(39)55-46-24-13-25-49(56)50(46)51)52-41-19-8-11-22-44(41)54-45-23-12-9-20-42(45)52/h1-8,10-11,13-19,21-22,24-32H,9,12,20,23H2. The van der Waals surface area contributed by atoms with Crippen LogP contribution in [0.15, 0.2) is 186 Å². The first-order valence-corrected chi connectivity index (χ1v) is 21.7. The van der Waals surface area contributed by atoms with Crippen molar-refractivity contribution in [2.24, 2.45) is 0 Å². The fraction of sp³-hybridized carbons (Fsp3) is 0.0800. The van der Waals surface area contributed by atoms with E-state index in [4.69, 9.17) is 13.9 Å². The van der Waals surface area contributed by atoms with Crippen LogP contribution < -0.4 is 51.5 Å². The molecule has 0 radical (unpaired) electrons. The molecule has 0 spiro atoms. The van der Waals surface area contributed by atoms with Gasteiger partial charge in [-0.25, -0.2) is 0 Å². The highest BCUT2D eigenvalue weighted by atomic mass is 28.3. The van der Waals surface area contributed by atoms with Crippen LogP contribution in [0.5, 0.6) is 17.2 Å². The molecule has 6 heteroatoms. The Balaban J connectivity index is 1.12. The van der Waals surface area contributed by atoms with Crippen molar-refractivity contribution < 1.29 is 13.9 Å². The minimum absolute atomic E-state index is 0.0263. The van der Waals surface area contributed by atoms with Crippen LogP contribution >= 0.6 is 0 Å². The van der Waals surface area contributed by atoms with Crippen LogP contribution in [0, 0.1) is 0 Å². The van der Waals surface area contributed by atoms with Gasteiger partial charge in [-0.2, -0.15) is 0 Å². The second-order valence-electron chi connectivity index (χ2n) is 15.4. The van der Waals surface area contributed by atoms with E-state index in [0.717, 1.165) is 82.2 Å². The lowest BCUT2D eigenvalue weighted by Crippen LogP contribution is -2.87. The van der Waals surface area contributed by atoms with Crippen LogP contribution in [0.3, 0.4) is 0 Å². The van der Waals surface area contributed by atoms with Gasteiger partial charge in [-0.05, 0) is 86.8 Å². The summed E-state index contributed by atoms with van der Waals surface area (Å²) in [6.45, 7) is -0.0263. The van der Waals surface area contributed by atoms with E-state index in [1.807, 2.05) is 18.4 Å². The molecule has 4 nitrogen and oxygen atoms in total. The van der Waals surface area contributed by atoms with E-state index in [1.165, 1.54) is 42.8 Å². The zero-order valence-corrected chi connectivity index (χ0v) is 31.7. The highest BCUT2D eigenvalue weighted by Gasteiger charge is 2.52. The Morgan fingerprint density at radius 2 is 1.30 bits per heavy atom. The number of hydrogen-bond acceptors (Lipinski definition) is 4. The summed E-state index contributed by atoms with van der Waals surface area (Å²) in [7, 11) is -2.84. The second kappa shape index (κ2) is 12.3. The number of para-hydroxylation sites is 3. The minimum atomic E-state index is -2.84. The van der Waals surface area contributed by atoms with Crippen LogP contribution in [0.25, 0.3) is 22.1 Å². The van der Waals surface area contributed by atoms with E-state index in [2.05, 4.69) is 157 Å². The van der Waals surface area contributed by atoms with E-state index >= 15 is 0 Å². The molecule has 266 valence electrons. The third-order valence-corrected chi connectivity index (χ3v) is 17.4. The maximum absolute atomic E-state index is 7.15. The number of fused-ring (bicyclic) bond motifs is 6. The van der Waals surface area contributed by atoms with Gasteiger partial charge in [-0.15, -0.1) is 0 Å². The van der Waals surface area contributed by atoms with E-state index in [0.29, 0.717) is 0 Å². The molecule has 1 aliphatic carbocycles. The molecule has 0 fully saturated rings. The van der Waals surface area contributed by atoms with Gasteiger partial charge in [-0.3, -0.25) is 0 Å². The summed E-state index contributed by atoms with van der Waals surface area (Å²) in [5.41, 5.74) is 10.4. The molecule has 8 aromatic rings. The first kappa shape index (κ1) is 31.8. The zero-order valence-electron chi connectivity index (χ0n) is 30.7. The third-order valence-electron chi connectivity index (χ3n) is 12.5. The van der Waals surface area contributed by atoms with Crippen LogP contribution in [0.2, 0.25) is 0 Å². The molecule has 0 bridgehead atoms. The summed E-state index contributed by atoms with van der Waals surface area (Å²) in [6, 6.07) is 60.1. The number of allylic oxidation sites excluding steroid dienone is 2. The fourth-order valence-electron chi connectivity index (χ4n) is 10.2. The van der Waals surface area contributed by atoms with E-state index < -0.39 is 8.07 Å². The van der Waals surface area contributed by atoms with Crippen molar-refractivity contribution in [2.45, 2.75) is 25.7 Å². The molecular formula is C50H36BNO3Si. The average molecular weight is 738 g/mol. The lowest BCUT2D eigenvalue weighted by Gasteiger charge is -2.45. The summed E-state index contributed by atoms with van der Waals surface area (Å²) in [6.07, 6.45) is 6.17. The molecule has 12 rings (SSSR count). The quantitative estimate of drug-likeness (QED) is 0.173. The van der Waals surface area contributed by atoms with Crippen LogP contribution in [0.4, 0.5) is 11.4 Å². The van der Waals surface area contributed by atoms with Crippen molar-refractivity contribution in [3.05, 3.63) is 182 Å². The number of furan rings is 1. The fourth-order valence-corrected chi connectivity index (χ4v) is 15.4. The molecule has 1 aromatic heterocycles. The molecule has 7 aromatic carbocycles. The molecule has 0 saturated heterocycles. The largest absolute Gasteiger partial charge is 0.464 e. The Kier molecular flexibility index (Phi) is 6.96. The Morgan fingerprint density at radius 3 is 2.16 bits per heavy atom. The molecule has 0 amide bonds. The molecule has 0 atom stereocenters. The Bertz CT molecular complexity index is 2860. The summed E-state index contributed by atoms with van der Waals surface area (Å²) < 4.78 is 19.8. The highest BCUT2D eigenvalue weighted by molar-refractivity contribution is 7.26. The maximum atomic E-state index is 7.15. The highest BCUT2D eigenvalue weighted by Crippen LogP contribution is 2.47. The van der Waals surface area contributed by atoms with Crippen molar-refractivity contribution in [1.29, 1.82) is 0 Å². The van der Waals surface area contributed by atoms with Gasteiger partial charge in [0.05, 0.1) is 17.6 Å². The lowest BCUT2D eigenvalue weighted by molar-refractivity contribution is 0.363. The Labute approximate surface area is 327 Å². The topological polar surface area (TPSA) is 34.8 Å². The van der Waals surface area contributed by atoms with Crippen molar-refractivity contribution >= 4 is 74.3 Å². The van der Waals surface area contributed by atoms with E-state index in [-0.39, 0.29) is 6.71 Å². The first-order valence-electron chi connectivity index (χ1n) is 19.7. The Morgan fingerprint density at radius 1 is 0.554 bits per heavy atom. The Hall–Kier alpha value is -6.50. The summed E-state index contributed by atoms with van der Waals surface area (Å²) in [5, 5.41) is 6.66. The van der Waals surface area contributed by atoms with Crippen molar-refractivity contribution in [2.75, 3.05) is 4.90 Å². The maximum Gasteiger partial charge on any atom is 0.250 e. The normalized spacial score (nSPS) is 15.9. The number of anilines is 2. The molecule has 4 aliphatic rings. The molecule has 0 unspecified atom stereocenters. The van der Waals surface area contributed by atoms with Gasteiger partial charge in [0.2, 0.25) is 0 Å². The zero-order chi connectivity index (χ0) is 36.8. The molecule has 0 saturated carbocycles. The molecule has 3 aliphatic heterocycles. The molecular weight excluding hydrogens is 701 g/mol. The summed E-state index contributed by atoms with van der Waals surface area (Å²) in [4.78, 5) is 2.42. The predicted octanol–water partition coefficient (Wildman–Crippen LogP) is 7.73. The third kappa shape index (κ3) is 4.48. The second-order valence-corrected chi connectivity index (χ2v) is 19.1. The van der Waals surface area contributed by atoms with Crippen molar-refractivity contribution in [3.8, 4) is 28.4 Å². The number of benzene rings is 7. The number of hydrogen-bond donors (Lipinski definition) is 0. The monoisotopic (exact) mass is 737 g/mol. The number of ether oxygens (including phenoxy) is 2. The SMILES string of the molecule is c1ccc([Si]2(c3ccccc3)c3ccc(-c4coc5ccccc45)cc3B3c4ccc(N5C6=C(CCCC6)Oc6ccccc65)cc4Oc4cccc2c43)cc1. The van der Waals surface area contributed by atoms with Gasteiger partial charge >= 0.3 is 0 Å². The van der Waals surface area contributed by atoms with E-state index in [1.54, 1.807) is 0 Å². The van der Waals surface area contributed by atoms with E-state index in [9.17, 15) is 0 Å². The van der Waals surface area contributed by atoms with Crippen LogP contribution in [-0.2, 0) is 0 Å². The van der Waals surface area contributed by atoms with Gasteiger partial charge in [0, 0.05) is 29.1 Å². The smallest absolute Gasteiger partial charge is 0.250 e. The van der Waals surface area contributed by atoms with Gasteiger partial charge in [0.1, 0.15) is 22.8 Å². The molecule has 0 N–H and O–H groups in total. The van der Waals surface area contributed by atoms with Crippen LogP contribution in [-0.4, -0.2) is 14.8 Å². The summed E-state index contributed by atoms with van der Waals surface area (Å²) >= 11 is 0. The van der Waals surface area contributed by atoms with Crippen molar-refractivity contribution in [1.82, 2.24) is 0 Å². The first-order chi connectivity index (χ1) is 27.8. The van der Waals surface area contributed by atoms with Gasteiger partial charge in [0.15, 0.2) is 13.8 Å².